The van der Waals surface area contributed by atoms with Gasteiger partial charge < -0.3 is 10.4 Å². The smallest absolute Gasteiger partial charge is 0.0584 e. The summed E-state index contributed by atoms with van der Waals surface area (Å²) in [4.78, 5) is 4.03. The number of benzene rings is 1. The Balaban J connectivity index is 2.07. The molecule has 2 N–H and O–H groups in total. The summed E-state index contributed by atoms with van der Waals surface area (Å²) in [5.41, 5.74) is 3.59. The lowest BCUT2D eigenvalue weighted by atomic mass is 10.0. The number of aliphatic hydroxyl groups is 1. The highest BCUT2D eigenvalue weighted by molar-refractivity contribution is 5.63. The second kappa shape index (κ2) is 7.02. The van der Waals surface area contributed by atoms with Crippen LogP contribution in [0.4, 0.5) is 0 Å². The molecule has 1 unspecified atom stereocenters. The van der Waals surface area contributed by atoms with Gasteiger partial charge in [-0.05, 0) is 41.3 Å². The summed E-state index contributed by atoms with van der Waals surface area (Å²) in [6.07, 6.45) is 4.54. The van der Waals surface area contributed by atoms with Gasteiger partial charge in [0.25, 0.3) is 0 Å². The van der Waals surface area contributed by atoms with Gasteiger partial charge in [0.2, 0.25) is 0 Å². The van der Waals surface area contributed by atoms with Crippen molar-refractivity contribution in [2.24, 2.45) is 0 Å². The minimum Gasteiger partial charge on any atom is -0.395 e. The number of hydrogen-bond acceptors (Lipinski definition) is 3. The molecule has 2 rings (SSSR count). The molecule has 0 saturated carbocycles. The molecule has 100 valence electrons. The first-order valence-corrected chi connectivity index (χ1v) is 6.67. The van der Waals surface area contributed by atoms with Crippen LogP contribution in [0.25, 0.3) is 11.1 Å². The molecule has 1 aromatic heterocycles. The van der Waals surface area contributed by atoms with E-state index in [1.165, 1.54) is 16.7 Å². The average molecular weight is 256 g/mol. The van der Waals surface area contributed by atoms with E-state index in [-0.39, 0.29) is 12.6 Å². The molecule has 19 heavy (non-hydrogen) atoms. The average Bonchev–Trinajstić information content (AvgIpc) is 2.49. The van der Waals surface area contributed by atoms with Crippen molar-refractivity contribution >= 4 is 0 Å². The van der Waals surface area contributed by atoms with Gasteiger partial charge in [-0.2, -0.15) is 0 Å². The van der Waals surface area contributed by atoms with Crippen LogP contribution in [0.2, 0.25) is 0 Å². The van der Waals surface area contributed by atoms with Gasteiger partial charge in [-0.1, -0.05) is 25.1 Å². The minimum atomic E-state index is 0.171. The first-order chi connectivity index (χ1) is 9.33. The molecule has 0 fully saturated rings. The summed E-state index contributed by atoms with van der Waals surface area (Å²) >= 11 is 0. The summed E-state index contributed by atoms with van der Waals surface area (Å²) in [6, 6.07) is 12.6. The lowest BCUT2D eigenvalue weighted by Crippen LogP contribution is -2.31. The molecule has 3 heteroatoms. The molecule has 0 spiro atoms. The Morgan fingerprint density at radius 3 is 2.63 bits per heavy atom. The molecule has 2 aromatic rings. The molecular formula is C16H20N2O. The molecule has 0 radical (unpaired) electrons. The monoisotopic (exact) mass is 256 g/mol. The van der Waals surface area contributed by atoms with Crippen LogP contribution in [0.3, 0.4) is 0 Å². The largest absolute Gasteiger partial charge is 0.395 e. The third-order valence-electron chi connectivity index (χ3n) is 3.25. The van der Waals surface area contributed by atoms with Crippen molar-refractivity contribution in [3.63, 3.8) is 0 Å². The van der Waals surface area contributed by atoms with Gasteiger partial charge in [-0.15, -0.1) is 0 Å². The Morgan fingerprint density at radius 2 is 1.95 bits per heavy atom. The fraction of sp³-hybridized carbons (Fsp3) is 0.312. The van der Waals surface area contributed by atoms with Gasteiger partial charge >= 0.3 is 0 Å². The van der Waals surface area contributed by atoms with Crippen LogP contribution in [-0.2, 0) is 6.54 Å². The van der Waals surface area contributed by atoms with Gasteiger partial charge in [0.15, 0.2) is 0 Å². The normalized spacial score (nSPS) is 12.3. The van der Waals surface area contributed by atoms with Crippen LogP contribution in [-0.4, -0.2) is 22.7 Å². The SMILES string of the molecule is CCC(CO)NCc1cccc(-c2ccncc2)c1. The zero-order valence-electron chi connectivity index (χ0n) is 11.2. The molecule has 1 atom stereocenters. The fourth-order valence-electron chi connectivity index (χ4n) is 2.01. The first-order valence-electron chi connectivity index (χ1n) is 6.67. The van der Waals surface area contributed by atoms with E-state index in [4.69, 9.17) is 5.11 Å². The van der Waals surface area contributed by atoms with Crippen LogP contribution in [0.5, 0.6) is 0 Å². The summed E-state index contributed by atoms with van der Waals surface area (Å²) in [5.74, 6) is 0. The highest BCUT2D eigenvalue weighted by atomic mass is 16.3. The summed E-state index contributed by atoms with van der Waals surface area (Å²) in [7, 11) is 0. The van der Waals surface area contributed by atoms with E-state index in [1.807, 2.05) is 12.1 Å². The Labute approximate surface area is 114 Å². The van der Waals surface area contributed by atoms with Gasteiger partial charge in [-0.3, -0.25) is 4.98 Å². The predicted octanol–water partition coefficient (Wildman–Crippen LogP) is 2.61. The van der Waals surface area contributed by atoms with Crippen molar-refractivity contribution in [2.45, 2.75) is 25.9 Å². The maximum atomic E-state index is 9.17. The van der Waals surface area contributed by atoms with Crippen molar-refractivity contribution in [3.05, 3.63) is 54.4 Å². The molecule has 1 aromatic carbocycles. The first kappa shape index (κ1) is 13.7. The van der Waals surface area contributed by atoms with E-state index >= 15 is 0 Å². The topological polar surface area (TPSA) is 45.1 Å². The highest BCUT2D eigenvalue weighted by Crippen LogP contribution is 2.19. The van der Waals surface area contributed by atoms with Gasteiger partial charge in [-0.25, -0.2) is 0 Å². The van der Waals surface area contributed by atoms with E-state index in [0.717, 1.165) is 13.0 Å². The number of nitrogens with zero attached hydrogens (tertiary/aromatic N) is 1. The maximum Gasteiger partial charge on any atom is 0.0584 e. The van der Waals surface area contributed by atoms with E-state index < -0.39 is 0 Å². The molecule has 3 nitrogen and oxygen atoms in total. The van der Waals surface area contributed by atoms with Gasteiger partial charge in [0, 0.05) is 25.0 Å². The molecule has 0 bridgehead atoms. The second-order valence-corrected chi connectivity index (χ2v) is 4.60. The molecule has 0 aliphatic rings. The van der Waals surface area contributed by atoms with Crippen LogP contribution in [0.15, 0.2) is 48.8 Å². The number of nitrogens with one attached hydrogen (secondary N) is 1. The molecule has 0 amide bonds. The van der Waals surface area contributed by atoms with Crippen LogP contribution in [0.1, 0.15) is 18.9 Å². The van der Waals surface area contributed by atoms with Crippen molar-refractivity contribution < 1.29 is 5.11 Å². The van der Waals surface area contributed by atoms with Crippen molar-refractivity contribution in [1.29, 1.82) is 0 Å². The highest BCUT2D eigenvalue weighted by Gasteiger charge is 2.04. The number of rotatable bonds is 6. The predicted molar refractivity (Wildman–Crippen MR) is 77.7 cm³/mol. The number of aliphatic hydroxyl groups excluding tert-OH is 1. The standard InChI is InChI=1S/C16H20N2O/c1-2-16(12-19)18-11-13-4-3-5-15(10-13)14-6-8-17-9-7-14/h3-10,16,18-19H,2,11-12H2,1H3. The van der Waals surface area contributed by atoms with E-state index in [0.29, 0.717) is 0 Å². The Hall–Kier alpha value is -1.71. The van der Waals surface area contributed by atoms with E-state index in [1.54, 1.807) is 12.4 Å². The van der Waals surface area contributed by atoms with Gasteiger partial charge in [0.05, 0.1) is 6.61 Å². The van der Waals surface area contributed by atoms with Crippen LogP contribution in [0, 0.1) is 0 Å². The molecular weight excluding hydrogens is 236 g/mol. The molecule has 1 heterocycles. The zero-order chi connectivity index (χ0) is 13.5. The van der Waals surface area contributed by atoms with E-state index in [2.05, 4.69) is 41.5 Å². The number of hydrogen-bond donors (Lipinski definition) is 2. The lowest BCUT2D eigenvalue weighted by molar-refractivity contribution is 0.238. The van der Waals surface area contributed by atoms with Crippen molar-refractivity contribution in [2.75, 3.05) is 6.61 Å². The molecule has 0 aliphatic carbocycles. The lowest BCUT2D eigenvalue weighted by Gasteiger charge is -2.14. The third kappa shape index (κ3) is 3.88. The summed E-state index contributed by atoms with van der Waals surface area (Å²) < 4.78 is 0. The number of pyridine rings is 1. The zero-order valence-corrected chi connectivity index (χ0v) is 11.2. The van der Waals surface area contributed by atoms with Gasteiger partial charge in [0.1, 0.15) is 0 Å². The summed E-state index contributed by atoms with van der Waals surface area (Å²) in [5, 5.41) is 12.5. The van der Waals surface area contributed by atoms with Crippen LogP contribution < -0.4 is 5.32 Å². The maximum absolute atomic E-state index is 9.17. The Morgan fingerprint density at radius 1 is 1.16 bits per heavy atom. The summed E-state index contributed by atoms with van der Waals surface area (Å²) in [6.45, 7) is 3.03. The minimum absolute atomic E-state index is 0.171. The Kier molecular flexibility index (Phi) is 5.07. The van der Waals surface area contributed by atoms with Crippen molar-refractivity contribution in [3.8, 4) is 11.1 Å². The number of aromatic nitrogens is 1. The van der Waals surface area contributed by atoms with E-state index in [9.17, 15) is 0 Å². The van der Waals surface area contributed by atoms with Crippen LogP contribution >= 0.6 is 0 Å². The van der Waals surface area contributed by atoms with Crippen molar-refractivity contribution in [1.82, 2.24) is 10.3 Å². The fourth-order valence-corrected chi connectivity index (χ4v) is 2.01. The third-order valence-corrected chi connectivity index (χ3v) is 3.25. The molecule has 0 saturated heterocycles. The second-order valence-electron chi connectivity index (χ2n) is 4.60. The molecule has 0 aliphatic heterocycles. The Bertz CT molecular complexity index is 495. The quantitative estimate of drug-likeness (QED) is 0.835.